The number of fused-ring (bicyclic) bond motifs is 1. The van der Waals surface area contributed by atoms with E-state index in [-0.39, 0.29) is 11.9 Å². The average Bonchev–Trinajstić information content (AvgIpc) is 3.23. The maximum absolute atomic E-state index is 12.5. The van der Waals surface area contributed by atoms with Crippen LogP contribution in [0.1, 0.15) is 30.5 Å². The Morgan fingerprint density at radius 1 is 0.933 bits per heavy atom. The van der Waals surface area contributed by atoms with E-state index in [1.807, 2.05) is 48.5 Å². The number of carbonyl (C=O) groups excluding carboxylic acids is 1. The van der Waals surface area contributed by atoms with E-state index in [1.54, 1.807) is 26.3 Å². The zero-order valence-electron chi connectivity index (χ0n) is 17.5. The van der Waals surface area contributed by atoms with E-state index in [4.69, 9.17) is 14.2 Å². The third kappa shape index (κ3) is 3.45. The Bertz CT molecular complexity index is 1120. The highest BCUT2D eigenvalue weighted by Gasteiger charge is 2.33. The molecule has 0 N–H and O–H groups in total. The molecule has 30 heavy (non-hydrogen) atoms. The van der Waals surface area contributed by atoms with Crippen LogP contribution < -0.4 is 14.2 Å². The van der Waals surface area contributed by atoms with Crippen LogP contribution in [0.5, 0.6) is 17.2 Å². The highest BCUT2D eigenvalue weighted by Crippen LogP contribution is 2.39. The summed E-state index contributed by atoms with van der Waals surface area (Å²) in [6, 6.07) is 17.5. The molecule has 0 fully saturated rings. The molecule has 3 aromatic rings. The third-order valence-corrected chi connectivity index (χ3v) is 5.41. The number of hydrogen-bond acceptors (Lipinski definition) is 5. The first-order chi connectivity index (χ1) is 14.5. The van der Waals surface area contributed by atoms with E-state index in [0.29, 0.717) is 17.9 Å². The van der Waals surface area contributed by atoms with Crippen molar-refractivity contribution >= 4 is 22.4 Å². The number of nitrogens with zero attached hydrogens (tertiary/aromatic N) is 2. The maximum Gasteiger partial charge on any atom is 0.240 e. The molecule has 1 aliphatic rings. The van der Waals surface area contributed by atoms with Gasteiger partial charge in [0.15, 0.2) is 0 Å². The van der Waals surface area contributed by atoms with Gasteiger partial charge in [0.2, 0.25) is 5.91 Å². The van der Waals surface area contributed by atoms with Gasteiger partial charge >= 0.3 is 0 Å². The molecule has 1 heterocycles. The number of rotatable bonds is 5. The molecule has 3 aromatic carbocycles. The van der Waals surface area contributed by atoms with Crippen LogP contribution in [0.15, 0.2) is 59.7 Å². The molecule has 154 valence electrons. The lowest BCUT2D eigenvalue weighted by molar-refractivity contribution is -0.130. The molecular formula is C24H24N2O4. The lowest BCUT2D eigenvalue weighted by Crippen LogP contribution is -2.24. The molecule has 6 heteroatoms. The summed E-state index contributed by atoms with van der Waals surface area (Å²) in [6.45, 7) is 1.54. The minimum absolute atomic E-state index is 0.107. The van der Waals surface area contributed by atoms with Crippen molar-refractivity contribution in [2.24, 2.45) is 5.10 Å². The first-order valence-corrected chi connectivity index (χ1v) is 9.72. The summed E-state index contributed by atoms with van der Waals surface area (Å²) >= 11 is 0. The molecule has 1 atom stereocenters. The van der Waals surface area contributed by atoms with Gasteiger partial charge in [-0.2, -0.15) is 5.10 Å². The summed E-state index contributed by atoms with van der Waals surface area (Å²) in [6.07, 6.45) is 0.590. The van der Waals surface area contributed by atoms with Gasteiger partial charge in [-0.05, 0) is 29.1 Å². The molecule has 0 radical (unpaired) electrons. The first-order valence-electron chi connectivity index (χ1n) is 9.72. The van der Waals surface area contributed by atoms with Gasteiger partial charge in [0, 0.05) is 30.4 Å². The summed E-state index contributed by atoms with van der Waals surface area (Å²) < 4.78 is 16.3. The van der Waals surface area contributed by atoms with Crippen LogP contribution in [0.3, 0.4) is 0 Å². The molecule has 4 rings (SSSR count). The predicted octanol–water partition coefficient (Wildman–Crippen LogP) is 4.56. The monoisotopic (exact) mass is 404 g/mol. The fraction of sp³-hybridized carbons (Fsp3) is 0.250. The Kier molecular flexibility index (Phi) is 5.31. The van der Waals surface area contributed by atoms with Crippen LogP contribution in [-0.4, -0.2) is 38.0 Å². The van der Waals surface area contributed by atoms with Gasteiger partial charge in [0.25, 0.3) is 0 Å². The Balaban J connectivity index is 1.79. The smallest absolute Gasteiger partial charge is 0.240 e. The second kappa shape index (κ2) is 8.06. The zero-order valence-corrected chi connectivity index (χ0v) is 17.5. The number of methoxy groups -OCH3 is 3. The van der Waals surface area contributed by atoms with Crippen molar-refractivity contribution in [3.63, 3.8) is 0 Å². The standard InChI is InChI=1S/C24H24N2O4/c1-15(27)26-23(20-9-10-24(30-4)21-8-6-5-7-19(20)21)14-22(25-26)16-11-17(28-2)13-18(12-16)29-3/h5-13,23H,14H2,1-4H3/t23-/m0/s1. The highest BCUT2D eigenvalue weighted by molar-refractivity contribution is 6.04. The maximum atomic E-state index is 12.5. The third-order valence-electron chi connectivity index (χ3n) is 5.41. The van der Waals surface area contributed by atoms with Gasteiger partial charge in [-0.3, -0.25) is 4.79 Å². The normalized spacial score (nSPS) is 15.8. The average molecular weight is 404 g/mol. The predicted molar refractivity (Wildman–Crippen MR) is 116 cm³/mol. The van der Waals surface area contributed by atoms with E-state index in [1.165, 1.54) is 6.92 Å². The molecule has 0 saturated carbocycles. The second-order valence-corrected chi connectivity index (χ2v) is 7.13. The van der Waals surface area contributed by atoms with Gasteiger partial charge in [0.1, 0.15) is 17.2 Å². The summed E-state index contributed by atoms with van der Waals surface area (Å²) in [5.74, 6) is 2.06. The Hall–Kier alpha value is -3.54. The van der Waals surface area contributed by atoms with Gasteiger partial charge in [0.05, 0.1) is 33.1 Å². The van der Waals surface area contributed by atoms with E-state index in [2.05, 4.69) is 11.2 Å². The number of carbonyl (C=O) groups is 1. The van der Waals surface area contributed by atoms with E-state index in [0.717, 1.165) is 33.4 Å². The molecule has 1 aliphatic heterocycles. The van der Waals surface area contributed by atoms with Crippen LogP contribution in [0.25, 0.3) is 10.8 Å². The number of hydrazone groups is 1. The molecule has 0 spiro atoms. The molecule has 0 aromatic heterocycles. The van der Waals surface area contributed by atoms with E-state index >= 15 is 0 Å². The van der Waals surface area contributed by atoms with Crippen molar-refractivity contribution in [1.82, 2.24) is 5.01 Å². The molecule has 1 amide bonds. The van der Waals surface area contributed by atoms with Crippen LogP contribution in [-0.2, 0) is 4.79 Å². The van der Waals surface area contributed by atoms with Crippen molar-refractivity contribution < 1.29 is 19.0 Å². The quantitative estimate of drug-likeness (QED) is 0.625. The Morgan fingerprint density at radius 3 is 2.20 bits per heavy atom. The fourth-order valence-electron chi connectivity index (χ4n) is 3.95. The summed E-state index contributed by atoms with van der Waals surface area (Å²) in [7, 11) is 4.89. The molecular weight excluding hydrogens is 380 g/mol. The summed E-state index contributed by atoms with van der Waals surface area (Å²) in [4.78, 5) is 12.5. The molecule has 6 nitrogen and oxygen atoms in total. The lowest BCUT2D eigenvalue weighted by Gasteiger charge is -2.22. The van der Waals surface area contributed by atoms with Gasteiger partial charge < -0.3 is 14.2 Å². The summed E-state index contributed by atoms with van der Waals surface area (Å²) in [5, 5.41) is 8.30. The van der Waals surface area contributed by atoms with Crippen LogP contribution in [0.2, 0.25) is 0 Å². The molecule has 0 saturated heterocycles. The van der Waals surface area contributed by atoms with Crippen LogP contribution in [0.4, 0.5) is 0 Å². The van der Waals surface area contributed by atoms with Crippen molar-refractivity contribution in [3.8, 4) is 17.2 Å². The molecule has 0 bridgehead atoms. The second-order valence-electron chi connectivity index (χ2n) is 7.13. The summed E-state index contributed by atoms with van der Waals surface area (Å²) in [5.41, 5.74) is 2.72. The zero-order chi connectivity index (χ0) is 21.3. The lowest BCUT2D eigenvalue weighted by atomic mass is 9.93. The number of ether oxygens (including phenoxy) is 3. The van der Waals surface area contributed by atoms with Crippen LogP contribution >= 0.6 is 0 Å². The number of benzene rings is 3. The Labute approximate surface area is 175 Å². The van der Waals surface area contributed by atoms with Crippen molar-refractivity contribution in [1.29, 1.82) is 0 Å². The highest BCUT2D eigenvalue weighted by atomic mass is 16.5. The minimum Gasteiger partial charge on any atom is -0.497 e. The number of hydrogen-bond donors (Lipinski definition) is 0. The van der Waals surface area contributed by atoms with Crippen molar-refractivity contribution in [3.05, 3.63) is 65.7 Å². The van der Waals surface area contributed by atoms with Crippen molar-refractivity contribution in [2.75, 3.05) is 21.3 Å². The Morgan fingerprint density at radius 2 is 1.60 bits per heavy atom. The topological polar surface area (TPSA) is 60.4 Å². The first kappa shape index (κ1) is 19.8. The SMILES string of the molecule is COc1cc(OC)cc(C2=NN(C(C)=O)[C@H](c3ccc(OC)c4ccccc34)C2)c1. The fourth-order valence-corrected chi connectivity index (χ4v) is 3.95. The van der Waals surface area contributed by atoms with Gasteiger partial charge in [-0.25, -0.2) is 5.01 Å². The van der Waals surface area contributed by atoms with Gasteiger partial charge in [-0.1, -0.05) is 30.3 Å². The largest absolute Gasteiger partial charge is 0.497 e. The van der Waals surface area contributed by atoms with E-state index in [9.17, 15) is 4.79 Å². The minimum atomic E-state index is -0.203. The van der Waals surface area contributed by atoms with Crippen molar-refractivity contribution in [2.45, 2.75) is 19.4 Å². The van der Waals surface area contributed by atoms with Crippen LogP contribution in [0, 0.1) is 0 Å². The number of amides is 1. The molecule has 0 aliphatic carbocycles. The molecule has 0 unspecified atom stereocenters. The van der Waals surface area contributed by atoms with E-state index < -0.39 is 0 Å². The van der Waals surface area contributed by atoms with Gasteiger partial charge in [-0.15, -0.1) is 0 Å².